The molecule has 1 aliphatic rings. The summed E-state index contributed by atoms with van der Waals surface area (Å²) in [4.78, 5) is 21.6. The predicted molar refractivity (Wildman–Crippen MR) is 117 cm³/mol. The van der Waals surface area contributed by atoms with E-state index in [2.05, 4.69) is 50.5 Å². The van der Waals surface area contributed by atoms with Gasteiger partial charge in [0, 0.05) is 62.9 Å². The zero-order valence-corrected chi connectivity index (χ0v) is 17.2. The minimum Gasteiger partial charge on any atom is -0.355 e. The molecule has 1 N–H and O–H groups in total. The Balaban J connectivity index is 1.43. The first-order chi connectivity index (χ1) is 14.1. The lowest BCUT2D eigenvalue weighted by Crippen LogP contribution is -2.49. The summed E-state index contributed by atoms with van der Waals surface area (Å²) in [6.45, 7) is 9.26. The Morgan fingerprint density at radius 3 is 2.48 bits per heavy atom. The molecular weight excluding hydrogens is 362 g/mol. The Hall–Kier alpha value is -2.86. The highest BCUT2D eigenvalue weighted by atomic mass is 16.1. The van der Waals surface area contributed by atoms with Crippen molar-refractivity contribution in [1.29, 1.82) is 0 Å². The highest BCUT2D eigenvalue weighted by molar-refractivity contribution is 5.94. The van der Waals surface area contributed by atoms with Gasteiger partial charge in [-0.2, -0.15) is 0 Å². The van der Waals surface area contributed by atoms with E-state index in [9.17, 15) is 4.79 Å². The lowest BCUT2D eigenvalue weighted by molar-refractivity contribution is 0.0953. The van der Waals surface area contributed by atoms with E-state index in [-0.39, 0.29) is 5.91 Å². The van der Waals surface area contributed by atoms with Gasteiger partial charge >= 0.3 is 0 Å². The summed E-state index contributed by atoms with van der Waals surface area (Å²) in [6.07, 6.45) is 6.31. The molecule has 1 saturated heterocycles. The number of pyridine rings is 2. The molecule has 1 amide bonds. The fourth-order valence-electron chi connectivity index (χ4n) is 3.92. The summed E-state index contributed by atoms with van der Waals surface area (Å²) in [5, 5.41) is 3.03. The minimum atomic E-state index is -0.0368. The second-order valence-electron chi connectivity index (χ2n) is 7.88. The molecule has 0 bridgehead atoms. The third-order valence-electron chi connectivity index (χ3n) is 5.71. The van der Waals surface area contributed by atoms with Crippen LogP contribution in [-0.4, -0.2) is 59.0 Å². The van der Waals surface area contributed by atoms with Crippen molar-refractivity contribution >= 4 is 17.2 Å². The van der Waals surface area contributed by atoms with E-state index in [1.807, 2.05) is 30.5 Å². The molecule has 4 heterocycles. The number of amides is 1. The second-order valence-corrected chi connectivity index (χ2v) is 7.88. The highest BCUT2D eigenvalue weighted by Gasteiger charge is 2.21. The number of aromatic nitrogens is 2. The molecule has 0 unspecified atom stereocenters. The molecule has 0 aromatic carbocycles. The molecule has 6 heteroatoms. The Kier molecular flexibility index (Phi) is 5.81. The first-order valence-electron chi connectivity index (χ1n) is 10.4. The van der Waals surface area contributed by atoms with Crippen LogP contribution in [0.4, 0.5) is 5.82 Å². The number of carbonyl (C=O) groups is 1. The van der Waals surface area contributed by atoms with Crippen LogP contribution in [0.3, 0.4) is 0 Å². The van der Waals surface area contributed by atoms with Crippen molar-refractivity contribution < 1.29 is 4.79 Å². The Bertz CT molecular complexity index is 958. The van der Waals surface area contributed by atoms with Gasteiger partial charge in [-0.3, -0.25) is 14.7 Å². The molecule has 3 aromatic rings. The molecule has 3 aromatic heterocycles. The maximum Gasteiger partial charge on any atom is 0.252 e. The molecule has 0 aliphatic carbocycles. The van der Waals surface area contributed by atoms with Gasteiger partial charge in [0.05, 0.1) is 5.56 Å². The van der Waals surface area contributed by atoms with Crippen LogP contribution in [0.2, 0.25) is 0 Å². The Labute approximate surface area is 172 Å². The van der Waals surface area contributed by atoms with Gasteiger partial charge in [-0.25, -0.2) is 0 Å². The molecule has 29 heavy (non-hydrogen) atoms. The monoisotopic (exact) mass is 391 g/mol. The number of piperazine rings is 1. The molecule has 0 radical (unpaired) electrons. The smallest absolute Gasteiger partial charge is 0.252 e. The summed E-state index contributed by atoms with van der Waals surface area (Å²) in [6, 6.07) is 12.7. The summed E-state index contributed by atoms with van der Waals surface area (Å²) in [5.41, 5.74) is 2.97. The average molecular weight is 392 g/mol. The number of nitrogens with zero attached hydrogens (tertiary/aromatic N) is 4. The zero-order valence-electron chi connectivity index (χ0n) is 17.2. The fraction of sp³-hybridized carbons (Fsp3) is 0.391. The molecule has 6 nitrogen and oxygen atoms in total. The van der Waals surface area contributed by atoms with Crippen molar-refractivity contribution in [2.24, 2.45) is 0 Å². The van der Waals surface area contributed by atoms with Crippen LogP contribution in [0.15, 0.2) is 55.0 Å². The van der Waals surface area contributed by atoms with Gasteiger partial charge in [-0.15, -0.1) is 0 Å². The van der Waals surface area contributed by atoms with E-state index in [0.717, 1.165) is 43.9 Å². The summed E-state index contributed by atoms with van der Waals surface area (Å²) >= 11 is 0. The van der Waals surface area contributed by atoms with Crippen LogP contribution in [-0.2, 0) is 6.42 Å². The van der Waals surface area contributed by atoms with Gasteiger partial charge < -0.3 is 14.6 Å². The minimum absolute atomic E-state index is 0.0368. The van der Waals surface area contributed by atoms with E-state index in [0.29, 0.717) is 18.2 Å². The quantitative estimate of drug-likeness (QED) is 0.702. The number of hydrogen-bond acceptors (Lipinski definition) is 4. The van der Waals surface area contributed by atoms with Crippen molar-refractivity contribution in [1.82, 2.24) is 19.6 Å². The third kappa shape index (κ3) is 4.43. The van der Waals surface area contributed by atoms with Gasteiger partial charge in [-0.05, 0) is 62.2 Å². The predicted octanol–water partition coefficient (Wildman–Crippen LogP) is 2.84. The first-order valence-corrected chi connectivity index (χ1v) is 10.4. The summed E-state index contributed by atoms with van der Waals surface area (Å²) < 4.78 is 2.14. The lowest BCUT2D eigenvalue weighted by atomic mass is 10.2. The molecule has 0 saturated carbocycles. The van der Waals surface area contributed by atoms with Crippen LogP contribution in [0.5, 0.6) is 0 Å². The summed E-state index contributed by atoms with van der Waals surface area (Å²) in [7, 11) is 0. The fourth-order valence-corrected chi connectivity index (χ4v) is 3.92. The van der Waals surface area contributed by atoms with Crippen molar-refractivity contribution in [2.45, 2.75) is 26.3 Å². The van der Waals surface area contributed by atoms with Crippen LogP contribution >= 0.6 is 0 Å². The number of hydrogen-bond donors (Lipinski definition) is 1. The molecule has 1 aliphatic heterocycles. The Morgan fingerprint density at radius 2 is 1.76 bits per heavy atom. The highest BCUT2D eigenvalue weighted by Crippen LogP contribution is 2.22. The third-order valence-corrected chi connectivity index (χ3v) is 5.71. The van der Waals surface area contributed by atoms with Gasteiger partial charge in [0.15, 0.2) is 0 Å². The van der Waals surface area contributed by atoms with Crippen molar-refractivity contribution in [3.8, 4) is 0 Å². The number of fused-ring (bicyclic) bond motifs is 1. The van der Waals surface area contributed by atoms with E-state index >= 15 is 0 Å². The van der Waals surface area contributed by atoms with Crippen LogP contribution in [0, 0.1) is 0 Å². The topological polar surface area (TPSA) is 52.9 Å². The SMILES string of the molecule is CC(C)N1CCN(c2ccc3ccc(C(=O)NCCc4ccncc4)cn23)CC1. The average Bonchev–Trinajstić information content (AvgIpc) is 3.17. The van der Waals surface area contributed by atoms with E-state index in [1.165, 1.54) is 5.56 Å². The summed E-state index contributed by atoms with van der Waals surface area (Å²) in [5.74, 6) is 1.13. The van der Waals surface area contributed by atoms with Gasteiger partial charge in [0.1, 0.15) is 5.82 Å². The van der Waals surface area contributed by atoms with Gasteiger partial charge in [0.25, 0.3) is 5.91 Å². The first kappa shape index (κ1) is 19.5. The molecule has 152 valence electrons. The second kappa shape index (κ2) is 8.66. The number of carbonyl (C=O) groups excluding carboxylic acids is 1. The van der Waals surface area contributed by atoms with E-state index in [4.69, 9.17) is 0 Å². The van der Waals surface area contributed by atoms with E-state index in [1.54, 1.807) is 12.4 Å². The zero-order chi connectivity index (χ0) is 20.2. The lowest BCUT2D eigenvalue weighted by Gasteiger charge is -2.37. The maximum atomic E-state index is 12.6. The number of nitrogens with one attached hydrogen (secondary N) is 1. The largest absolute Gasteiger partial charge is 0.355 e. The van der Waals surface area contributed by atoms with Crippen molar-refractivity contribution in [3.63, 3.8) is 0 Å². The van der Waals surface area contributed by atoms with Gasteiger partial charge in [0.2, 0.25) is 0 Å². The van der Waals surface area contributed by atoms with Crippen LogP contribution < -0.4 is 10.2 Å². The molecule has 0 atom stereocenters. The number of anilines is 1. The molecule has 4 rings (SSSR count). The molecule has 1 fully saturated rings. The number of rotatable bonds is 6. The van der Waals surface area contributed by atoms with Crippen LogP contribution in [0.25, 0.3) is 5.52 Å². The normalized spacial score (nSPS) is 15.2. The van der Waals surface area contributed by atoms with E-state index < -0.39 is 0 Å². The standard InChI is InChI=1S/C23H29N5O/c1-18(2)26-13-15-27(16-14-26)22-6-5-21-4-3-20(17-28(21)22)23(29)25-12-9-19-7-10-24-11-8-19/h3-8,10-11,17-18H,9,12-16H2,1-2H3,(H,25,29). The van der Waals surface area contributed by atoms with Crippen LogP contribution in [0.1, 0.15) is 29.8 Å². The molecule has 0 spiro atoms. The maximum absolute atomic E-state index is 12.6. The van der Waals surface area contributed by atoms with Crippen molar-refractivity contribution in [3.05, 3.63) is 66.1 Å². The Morgan fingerprint density at radius 1 is 1.03 bits per heavy atom. The molecular formula is C23H29N5O. The van der Waals surface area contributed by atoms with Crippen molar-refractivity contribution in [2.75, 3.05) is 37.6 Å². The van der Waals surface area contributed by atoms with Gasteiger partial charge in [-0.1, -0.05) is 0 Å².